The molecule has 7 heteroatoms. The minimum atomic E-state index is -0.726. The van der Waals surface area contributed by atoms with E-state index in [-0.39, 0.29) is 17.8 Å². The number of ether oxygens (including phenoxy) is 1. The van der Waals surface area contributed by atoms with E-state index in [2.05, 4.69) is 0 Å². The molecule has 0 amide bonds. The Morgan fingerprint density at radius 3 is 2.62 bits per heavy atom. The van der Waals surface area contributed by atoms with Gasteiger partial charge in [0.05, 0.1) is 11.5 Å². The van der Waals surface area contributed by atoms with Crippen molar-refractivity contribution in [2.45, 2.75) is 33.0 Å². The third-order valence-electron chi connectivity index (χ3n) is 2.84. The molecular formula is C14H16N2O5. The number of nitrogens with zero attached hydrogens (tertiary/aromatic N) is 2. The second-order valence-electron chi connectivity index (χ2n) is 5.59. The van der Waals surface area contributed by atoms with E-state index in [1.807, 2.05) is 0 Å². The zero-order valence-electron chi connectivity index (χ0n) is 12.0. The summed E-state index contributed by atoms with van der Waals surface area (Å²) in [7, 11) is 0. The minimum Gasteiger partial charge on any atom is -0.443 e. The summed E-state index contributed by atoms with van der Waals surface area (Å²) in [6, 6.07) is 4.44. The van der Waals surface area contributed by atoms with E-state index in [0.29, 0.717) is 10.9 Å². The van der Waals surface area contributed by atoms with E-state index in [1.54, 1.807) is 26.8 Å². The molecule has 0 fully saturated rings. The van der Waals surface area contributed by atoms with Crippen LogP contribution in [0.2, 0.25) is 0 Å². The lowest BCUT2D eigenvalue weighted by molar-refractivity contribution is -0.383. The largest absolute Gasteiger partial charge is 0.443 e. The fourth-order valence-corrected chi connectivity index (χ4v) is 2.06. The summed E-state index contributed by atoms with van der Waals surface area (Å²) in [6.45, 7) is 4.79. The van der Waals surface area contributed by atoms with Gasteiger partial charge in [0.15, 0.2) is 0 Å². The van der Waals surface area contributed by atoms with Gasteiger partial charge in [-0.25, -0.2) is 9.36 Å². The lowest BCUT2D eigenvalue weighted by Crippen LogP contribution is -2.26. The number of para-hydroxylation sites is 1. The number of carbonyl (C=O) groups is 1. The molecule has 0 spiro atoms. The second-order valence-corrected chi connectivity index (χ2v) is 5.59. The van der Waals surface area contributed by atoms with Crippen LogP contribution in [0.4, 0.5) is 10.5 Å². The normalized spacial score (nSPS) is 11.6. The third kappa shape index (κ3) is 2.87. The maximum atomic E-state index is 12.2. The van der Waals surface area contributed by atoms with Gasteiger partial charge in [-0.3, -0.25) is 10.1 Å². The molecule has 0 bridgehead atoms. The van der Waals surface area contributed by atoms with Crippen molar-refractivity contribution in [1.82, 2.24) is 4.57 Å². The summed E-state index contributed by atoms with van der Waals surface area (Å²) >= 11 is 0. The van der Waals surface area contributed by atoms with Crippen molar-refractivity contribution in [3.63, 3.8) is 0 Å². The Morgan fingerprint density at radius 1 is 1.43 bits per heavy atom. The molecule has 7 nitrogen and oxygen atoms in total. The van der Waals surface area contributed by atoms with E-state index in [9.17, 15) is 20.0 Å². The Labute approximate surface area is 120 Å². The van der Waals surface area contributed by atoms with Crippen LogP contribution in [0.25, 0.3) is 10.9 Å². The van der Waals surface area contributed by atoms with Gasteiger partial charge in [-0.2, -0.15) is 0 Å². The molecule has 0 saturated carbocycles. The fraction of sp³-hybridized carbons (Fsp3) is 0.357. The van der Waals surface area contributed by atoms with Crippen LogP contribution in [0.3, 0.4) is 0 Å². The monoisotopic (exact) mass is 292 g/mol. The summed E-state index contributed by atoms with van der Waals surface area (Å²) in [5, 5.41) is 21.0. The van der Waals surface area contributed by atoms with Crippen molar-refractivity contribution >= 4 is 22.7 Å². The number of nitro benzene ring substituents is 1. The van der Waals surface area contributed by atoms with Crippen LogP contribution in [0.15, 0.2) is 24.4 Å². The van der Waals surface area contributed by atoms with Gasteiger partial charge >= 0.3 is 6.09 Å². The molecule has 2 rings (SSSR count). The minimum absolute atomic E-state index is 0.126. The first kappa shape index (κ1) is 15.0. The van der Waals surface area contributed by atoms with Crippen LogP contribution in [-0.4, -0.2) is 26.3 Å². The van der Waals surface area contributed by atoms with Crippen molar-refractivity contribution < 1.29 is 19.6 Å². The number of benzene rings is 1. The number of hydrogen-bond acceptors (Lipinski definition) is 5. The first-order valence-corrected chi connectivity index (χ1v) is 6.36. The Kier molecular flexibility index (Phi) is 3.69. The molecule has 0 unspecified atom stereocenters. The number of aromatic nitrogens is 1. The molecule has 0 saturated heterocycles. The number of aliphatic hydroxyl groups is 1. The highest BCUT2D eigenvalue weighted by Gasteiger charge is 2.25. The summed E-state index contributed by atoms with van der Waals surface area (Å²) in [4.78, 5) is 22.8. The lowest BCUT2D eigenvalue weighted by atomic mass is 10.1. The summed E-state index contributed by atoms with van der Waals surface area (Å²) in [5.41, 5.74) is -0.380. The number of carbonyl (C=O) groups excluding carboxylic acids is 1. The van der Waals surface area contributed by atoms with Crippen LogP contribution in [0.5, 0.6) is 0 Å². The van der Waals surface area contributed by atoms with E-state index in [1.165, 1.54) is 18.3 Å². The van der Waals surface area contributed by atoms with Crippen molar-refractivity contribution in [3.8, 4) is 0 Å². The highest BCUT2D eigenvalue weighted by molar-refractivity contribution is 5.97. The molecule has 0 aliphatic heterocycles. The zero-order valence-corrected chi connectivity index (χ0v) is 12.0. The van der Waals surface area contributed by atoms with Crippen LogP contribution < -0.4 is 0 Å². The summed E-state index contributed by atoms with van der Waals surface area (Å²) in [5.74, 6) is 0. The number of non-ortho nitro benzene ring substituents is 1. The summed E-state index contributed by atoms with van der Waals surface area (Å²) in [6.07, 6.45) is 0.646. The zero-order chi connectivity index (χ0) is 15.8. The molecule has 112 valence electrons. The van der Waals surface area contributed by atoms with Gasteiger partial charge in [0.25, 0.3) is 5.69 Å². The number of rotatable bonds is 2. The number of fused-ring (bicyclic) bond motifs is 1. The molecule has 0 aliphatic carbocycles. The van der Waals surface area contributed by atoms with Crippen molar-refractivity contribution in [1.29, 1.82) is 0 Å². The predicted molar refractivity (Wildman–Crippen MR) is 76.1 cm³/mol. The van der Waals surface area contributed by atoms with Crippen molar-refractivity contribution in [2.24, 2.45) is 0 Å². The van der Waals surface area contributed by atoms with E-state index >= 15 is 0 Å². The molecular weight excluding hydrogens is 276 g/mol. The van der Waals surface area contributed by atoms with Crippen molar-refractivity contribution in [2.75, 3.05) is 0 Å². The first-order valence-electron chi connectivity index (χ1n) is 6.36. The van der Waals surface area contributed by atoms with Crippen LogP contribution >= 0.6 is 0 Å². The number of hydrogen-bond donors (Lipinski definition) is 1. The Bertz CT molecular complexity index is 712. The van der Waals surface area contributed by atoms with E-state index in [4.69, 9.17) is 4.74 Å². The van der Waals surface area contributed by atoms with Gasteiger partial charge in [0.1, 0.15) is 11.1 Å². The average Bonchev–Trinajstić information content (AvgIpc) is 2.75. The quantitative estimate of drug-likeness (QED) is 0.678. The topological polar surface area (TPSA) is 94.6 Å². The molecule has 2 aromatic rings. The van der Waals surface area contributed by atoms with Crippen LogP contribution in [-0.2, 0) is 11.3 Å². The molecule has 0 atom stereocenters. The van der Waals surface area contributed by atoms with E-state index < -0.39 is 16.6 Å². The lowest BCUT2D eigenvalue weighted by Gasteiger charge is -2.19. The van der Waals surface area contributed by atoms with Crippen LogP contribution in [0.1, 0.15) is 26.3 Å². The Hall–Kier alpha value is -2.41. The fourth-order valence-electron chi connectivity index (χ4n) is 2.06. The van der Waals surface area contributed by atoms with Gasteiger partial charge in [-0.15, -0.1) is 0 Å². The van der Waals surface area contributed by atoms with Crippen LogP contribution in [0, 0.1) is 10.1 Å². The SMILES string of the molecule is CC(C)(C)OC(=O)n1cc(CO)c2cccc([N+](=O)[O-])c21. The predicted octanol–water partition coefficient (Wildman–Crippen LogP) is 2.83. The number of nitro groups is 1. The molecule has 0 aliphatic rings. The van der Waals surface area contributed by atoms with Crippen molar-refractivity contribution in [3.05, 3.63) is 40.1 Å². The van der Waals surface area contributed by atoms with Gasteiger partial charge in [-0.05, 0) is 20.8 Å². The van der Waals surface area contributed by atoms with Gasteiger partial charge < -0.3 is 9.84 Å². The maximum Gasteiger partial charge on any atom is 0.419 e. The van der Waals surface area contributed by atoms with E-state index in [0.717, 1.165) is 4.57 Å². The molecule has 1 aromatic heterocycles. The molecule has 21 heavy (non-hydrogen) atoms. The summed E-state index contributed by atoms with van der Waals surface area (Å²) < 4.78 is 6.32. The Balaban J connectivity index is 2.68. The second kappa shape index (κ2) is 5.17. The smallest absolute Gasteiger partial charge is 0.419 e. The van der Waals surface area contributed by atoms with Gasteiger partial charge in [0.2, 0.25) is 0 Å². The van der Waals surface area contributed by atoms with Gasteiger partial charge in [0, 0.05) is 23.2 Å². The maximum absolute atomic E-state index is 12.2. The highest BCUT2D eigenvalue weighted by atomic mass is 16.6. The molecule has 1 N–H and O–H groups in total. The third-order valence-corrected chi connectivity index (χ3v) is 2.84. The molecule has 1 heterocycles. The average molecular weight is 292 g/mol. The molecule has 1 aromatic carbocycles. The number of aliphatic hydroxyl groups excluding tert-OH is 1. The standard InChI is InChI=1S/C14H16N2O5/c1-14(2,3)21-13(18)15-7-9(8-17)10-5-4-6-11(12(10)15)16(19)20/h4-7,17H,8H2,1-3H3. The Morgan fingerprint density at radius 2 is 2.10 bits per heavy atom. The molecule has 0 radical (unpaired) electrons. The highest BCUT2D eigenvalue weighted by Crippen LogP contribution is 2.30. The van der Waals surface area contributed by atoms with Gasteiger partial charge in [-0.1, -0.05) is 12.1 Å². The first-order chi connectivity index (χ1) is 9.74.